The molecular formula is C22H28INO5. The minimum atomic E-state index is -0.714. The molecule has 0 unspecified atom stereocenters. The van der Waals surface area contributed by atoms with Crippen molar-refractivity contribution in [3.8, 4) is 0 Å². The molecule has 1 aromatic rings. The van der Waals surface area contributed by atoms with Crippen LogP contribution in [-0.2, 0) is 23.8 Å². The molecule has 0 atom stereocenters. The fourth-order valence-corrected chi connectivity index (χ4v) is 5.02. The number of hydrogen-bond acceptors (Lipinski definition) is 6. The molecule has 0 saturated carbocycles. The van der Waals surface area contributed by atoms with Crippen LogP contribution in [0.5, 0.6) is 0 Å². The van der Waals surface area contributed by atoms with Crippen LogP contribution in [0.1, 0.15) is 26.3 Å². The molecule has 1 heterocycles. The van der Waals surface area contributed by atoms with Gasteiger partial charge in [-0.1, -0.05) is 51.1 Å². The number of rotatable bonds is 5. The number of morpholine rings is 1. The number of nitrogens with zero attached hydrogens (tertiary/aromatic N) is 1. The number of carbonyl (C=O) groups is 2. The van der Waals surface area contributed by atoms with Crippen molar-refractivity contribution in [3.63, 3.8) is 0 Å². The van der Waals surface area contributed by atoms with E-state index < -0.39 is 11.9 Å². The first-order valence-electron chi connectivity index (χ1n) is 9.42. The Morgan fingerprint density at radius 3 is 1.97 bits per heavy atom. The van der Waals surface area contributed by atoms with Crippen LogP contribution < -0.4 is 0 Å². The van der Waals surface area contributed by atoms with Gasteiger partial charge in [0, 0.05) is 16.7 Å². The van der Waals surface area contributed by atoms with E-state index in [9.17, 15) is 9.59 Å². The van der Waals surface area contributed by atoms with Crippen LogP contribution in [0.4, 0.5) is 0 Å². The van der Waals surface area contributed by atoms with Gasteiger partial charge in [0.15, 0.2) is 5.57 Å². The molecule has 1 aliphatic heterocycles. The van der Waals surface area contributed by atoms with Crippen LogP contribution >= 0.6 is 22.6 Å². The van der Waals surface area contributed by atoms with Crippen molar-refractivity contribution in [2.75, 3.05) is 40.5 Å². The molecule has 2 rings (SSSR count). The van der Waals surface area contributed by atoms with Crippen molar-refractivity contribution in [2.24, 2.45) is 5.41 Å². The van der Waals surface area contributed by atoms with Crippen molar-refractivity contribution in [1.82, 2.24) is 4.90 Å². The molecule has 158 valence electrons. The Kier molecular flexibility index (Phi) is 8.27. The largest absolute Gasteiger partial charge is 0.465 e. The van der Waals surface area contributed by atoms with E-state index >= 15 is 0 Å². The predicted molar refractivity (Wildman–Crippen MR) is 120 cm³/mol. The van der Waals surface area contributed by atoms with Crippen LogP contribution in [0.3, 0.4) is 0 Å². The van der Waals surface area contributed by atoms with Crippen molar-refractivity contribution >= 4 is 40.1 Å². The first-order valence-corrected chi connectivity index (χ1v) is 10.5. The number of allylic oxidation sites excluding steroid dienone is 2. The first-order chi connectivity index (χ1) is 13.7. The molecule has 1 fully saturated rings. The van der Waals surface area contributed by atoms with Crippen molar-refractivity contribution in [2.45, 2.75) is 20.8 Å². The average Bonchev–Trinajstić information content (AvgIpc) is 2.71. The maximum absolute atomic E-state index is 12.6. The number of methoxy groups -OCH3 is 2. The molecule has 1 aromatic carbocycles. The first kappa shape index (κ1) is 23.4. The molecule has 1 saturated heterocycles. The Morgan fingerprint density at radius 2 is 1.52 bits per heavy atom. The van der Waals surface area contributed by atoms with Gasteiger partial charge in [-0.2, -0.15) is 0 Å². The molecule has 0 radical (unpaired) electrons. The molecule has 29 heavy (non-hydrogen) atoms. The molecule has 0 bridgehead atoms. The highest BCUT2D eigenvalue weighted by atomic mass is 127. The van der Waals surface area contributed by atoms with E-state index in [2.05, 4.69) is 43.4 Å². The lowest BCUT2D eigenvalue weighted by atomic mass is 9.81. The number of halogens is 1. The number of esters is 2. The van der Waals surface area contributed by atoms with E-state index in [0.717, 1.165) is 14.7 Å². The van der Waals surface area contributed by atoms with Crippen LogP contribution in [0, 0.1) is 5.41 Å². The molecule has 6 nitrogen and oxygen atoms in total. The maximum atomic E-state index is 12.6. The third-order valence-electron chi connectivity index (χ3n) is 4.58. The lowest BCUT2D eigenvalue weighted by molar-refractivity contribution is -0.144. The van der Waals surface area contributed by atoms with E-state index in [1.165, 1.54) is 14.2 Å². The zero-order chi connectivity index (χ0) is 21.6. The second kappa shape index (κ2) is 10.2. The third kappa shape index (κ3) is 5.60. The second-order valence-corrected chi connectivity index (χ2v) is 8.69. The highest BCUT2D eigenvalue weighted by Crippen LogP contribution is 2.43. The summed E-state index contributed by atoms with van der Waals surface area (Å²) in [6.45, 7) is 8.48. The third-order valence-corrected chi connectivity index (χ3v) is 5.63. The number of benzene rings is 1. The van der Waals surface area contributed by atoms with E-state index in [4.69, 9.17) is 14.2 Å². The summed E-state index contributed by atoms with van der Waals surface area (Å²) in [5.41, 5.74) is 2.25. The number of ether oxygens (including phenoxy) is 3. The minimum absolute atomic E-state index is 0.0982. The van der Waals surface area contributed by atoms with E-state index in [0.29, 0.717) is 32.0 Å². The Labute approximate surface area is 186 Å². The van der Waals surface area contributed by atoms with Crippen molar-refractivity contribution < 1.29 is 23.8 Å². The quantitative estimate of drug-likeness (QED) is 0.149. The summed E-state index contributed by atoms with van der Waals surface area (Å²) in [5.74, 6) is -1.43. The van der Waals surface area contributed by atoms with Gasteiger partial charge < -0.3 is 19.1 Å². The molecule has 1 aliphatic rings. The van der Waals surface area contributed by atoms with E-state index in [1.54, 1.807) is 0 Å². The standard InChI is InChI=1S/C22H28INO5/c1-22(2,3)17(15-9-7-6-8-10-15)18(23)19(24-11-13-29-14-12-24)16(20(25)27-4)21(26)28-5/h6-10H,11-14H2,1-5H3/b18-17+. The SMILES string of the molecule is COC(=O)C(C(=O)OC)=C(/C(I)=C(/c1ccccc1)C(C)(C)C)N1CCOCC1. The van der Waals surface area contributed by atoms with Crippen LogP contribution in [0.15, 0.2) is 45.2 Å². The summed E-state index contributed by atoms with van der Waals surface area (Å²) in [7, 11) is 2.53. The highest BCUT2D eigenvalue weighted by Gasteiger charge is 2.34. The molecular weight excluding hydrogens is 485 g/mol. The van der Waals surface area contributed by atoms with Gasteiger partial charge in [0.1, 0.15) is 0 Å². The van der Waals surface area contributed by atoms with Gasteiger partial charge in [0.2, 0.25) is 0 Å². The number of carbonyl (C=O) groups excluding carboxylic acids is 2. The monoisotopic (exact) mass is 513 g/mol. The Bertz CT molecular complexity index is 784. The molecule has 0 aromatic heterocycles. The highest BCUT2D eigenvalue weighted by molar-refractivity contribution is 14.1. The van der Waals surface area contributed by atoms with Gasteiger partial charge in [-0.25, -0.2) is 9.59 Å². The summed E-state index contributed by atoms with van der Waals surface area (Å²) in [5, 5.41) is 0. The summed E-state index contributed by atoms with van der Waals surface area (Å²) in [4.78, 5) is 27.3. The van der Waals surface area contributed by atoms with Gasteiger partial charge >= 0.3 is 11.9 Å². The van der Waals surface area contributed by atoms with Crippen molar-refractivity contribution in [1.29, 1.82) is 0 Å². The predicted octanol–water partition coefficient (Wildman–Crippen LogP) is 3.81. The Balaban J connectivity index is 2.87. The fraction of sp³-hybridized carbons (Fsp3) is 0.455. The van der Waals surface area contributed by atoms with E-state index in [-0.39, 0.29) is 11.0 Å². The van der Waals surface area contributed by atoms with Crippen LogP contribution in [0.2, 0.25) is 0 Å². The van der Waals surface area contributed by atoms with Gasteiger partial charge in [-0.15, -0.1) is 0 Å². The summed E-state index contributed by atoms with van der Waals surface area (Å²) in [6, 6.07) is 9.98. The number of hydrogen-bond donors (Lipinski definition) is 0. The molecule has 7 heteroatoms. The zero-order valence-corrected chi connectivity index (χ0v) is 19.7. The molecule has 0 aliphatic carbocycles. The molecule has 0 N–H and O–H groups in total. The van der Waals surface area contributed by atoms with E-state index in [1.807, 2.05) is 35.2 Å². The van der Waals surface area contributed by atoms with Crippen LogP contribution in [-0.4, -0.2) is 57.4 Å². The topological polar surface area (TPSA) is 65.1 Å². The zero-order valence-electron chi connectivity index (χ0n) is 17.6. The lowest BCUT2D eigenvalue weighted by Crippen LogP contribution is -2.38. The molecule has 0 amide bonds. The Hall–Kier alpha value is -1.87. The maximum Gasteiger partial charge on any atom is 0.347 e. The van der Waals surface area contributed by atoms with Gasteiger partial charge in [0.25, 0.3) is 0 Å². The van der Waals surface area contributed by atoms with Crippen molar-refractivity contribution in [3.05, 3.63) is 50.7 Å². The van der Waals surface area contributed by atoms with Crippen LogP contribution in [0.25, 0.3) is 5.57 Å². The summed E-state index contributed by atoms with van der Waals surface area (Å²) < 4.78 is 16.2. The summed E-state index contributed by atoms with van der Waals surface area (Å²) >= 11 is 2.23. The Morgan fingerprint density at radius 1 is 1.00 bits per heavy atom. The minimum Gasteiger partial charge on any atom is -0.465 e. The van der Waals surface area contributed by atoms with Gasteiger partial charge in [0.05, 0.1) is 33.1 Å². The summed E-state index contributed by atoms with van der Waals surface area (Å²) in [6.07, 6.45) is 0. The average molecular weight is 513 g/mol. The van der Waals surface area contributed by atoms with Gasteiger partial charge in [-0.05, 0) is 39.1 Å². The van der Waals surface area contributed by atoms with Gasteiger partial charge in [-0.3, -0.25) is 0 Å². The second-order valence-electron chi connectivity index (χ2n) is 7.61. The normalized spacial score (nSPS) is 15.3. The molecule has 0 spiro atoms. The lowest BCUT2D eigenvalue weighted by Gasteiger charge is -2.35. The smallest absolute Gasteiger partial charge is 0.347 e. The fourth-order valence-electron chi connectivity index (χ4n) is 3.29.